The normalized spacial score (nSPS) is 13.3. The van der Waals surface area contributed by atoms with E-state index in [1.807, 2.05) is 15.6 Å². The molecule has 0 atom stereocenters. The SMILES string of the molecule is O=C(Cc1ccc(F)cc1)N1CCn2nc(CNc3cnccn3)cc2C1. The molecule has 0 aliphatic carbocycles. The van der Waals surface area contributed by atoms with Gasteiger partial charge in [-0.15, -0.1) is 0 Å². The summed E-state index contributed by atoms with van der Waals surface area (Å²) in [5.74, 6) is 0.434. The lowest BCUT2D eigenvalue weighted by Crippen LogP contribution is -2.39. The number of halogens is 1. The van der Waals surface area contributed by atoms with Gasteiger partial charge in [-0.1, -0.05) is 12.1 Å². The second-order valence-electron chi connectivity index (χ2n) is 6.41. The van der Waals surface area contributed by atoms with E-state index >= 15 is 0 Å². The Labute approximate surface area is 155 Å². The average molecular weight is 366 g/mol. The molecule has 1 amide bonds. The van der Waals surface area contributed by atoms with Crippen molar-refractivity contribution in [3.8, 4) is 0 Å². The van der Waals surface area contributed by atoms with Crippen LogP contribution < -0.4 is 5.32 Å². The van der Waals surface area contributed by atoms with E-state index in [9.17, 15) is 9.18 Å². The van der Waals surface area contributed by atoms with Crippen LogP contribution in [-0.4, -0.2) is 37.1 Å². The maximum atomic E-state index is 13.0. The van der Waals surface area contributed by atoms with Crippen molar-refractivity contribution in [1.29, 1.82) is 0 Å². The molecule has 7 nitrogen and oxygen atoms in total. The number of rotatable bonds is 5. The zero-order chi connectivity index (χ0) is 18.6. The van der Waals surface area contributed by atoms with Gasteiger partial charge in [0, 0.05) is 18.9 Å². The Balaban J connectivity index is 1.37. The first kappa shape index (κ1) is 17.1. The highest BCUT2D eigenvalue weighted by Crippen LogP contribution is 2.16. The molecule has 1 aliphatic heterocycles. The fourth-order valence-electron chi connectivity index (χ4n) is 3.09. The highest BCUT2D eigenvalue weighted by Gasteiger charge is 2.22. The van der Waals surface area contributed by atoms with E-state index in [0.29, 0.717) is 32.0 Å². The van der Waals surface area contributed by atoms with Crippen LogP contribution in [0.2, 0.25) is 0 Å². The zero-order valence-corrected chi connectivity index (χ0v) is 14.7. The quantitative estimate of drug-likeness (QED) is 0.748. The number of anilines is 1. The molecule has 3 heterocycles. The molecule has 0 unspecified atom stereocenters. The van der Waals surface area contributed by atoms with Gasteiger partial charge in [0.2, 0.25) is 5.91 Å². The van der Waals surface area contributed by atoms with Gasteiger partial charge in [0.25, 0.3) is 0 Å². The molecule has 1 aromatic carbocycles. The second-order valence-corrected chi connectivity index (χ2v) is 6.41. The summed E-state index contributed by atoms with van der Waals surface area (Å²) in [6.45, 7) is 2.35. The first-order chi connectivity index (χ1) is 13.2. The molecule has 0 fully saturated rings. The molecule has 1 aliphatic rings. The Bertz CT molecular complexity index is 925. The van der Waals surface area contributed by atoms with Crippen molar-refractivity contribution in [2.75, 3.05) is 11.9 Å². The Morgan fingerprint density at radius 2 is 2.04 bits per heavy atom. The minimum absolute atomic E-state index is 0.0355. The van der Waals surface area contributed by atoms with Crippen LogP contribution in [0.4, 0.5) is 10.2 Å². The lowest BCUT2D eigenvalue weighted by atomic mass is 10.1. The minimum Gasteiger partial charge on any atom is -0.363 e. The Kier molecular flexibility index (Phi) is 4.78. The number of nitrogens with one attached hydrogen (secondary N) is 1. The van der Waals surface area contributed by atoms with Gasteiger partial charge in [-0.25, -0.2) is 9.37 Å². The van der Waals surface area contributed by atoms with Crippen LogP contribution in [-0.2, 0) is 30.8 Å². The van der Waals surface area contributed by atoms with E-state index in [0.717, 1.165) is 17.0 Å². The van der Waals surface area contributed by atoms with E-state index in [1.54, 1.807) is 30.7 Å². The van der Waals surface area contributed by atoms with Gasteiger partial charge in [0.15, 0.2) is 0 Å². The number of amides is 1. The summed E-state index contributed by atoms with van der Waals surface area (Å²) in [6.07, 6.45) is 5.19. The number of carbonyl (C=O) groups excluding carboxylic acids is 1. The summed E-state index contributed by atoms with van der Waals surface area (Å²) < 4.78 is 14.9. The number of hydrogen-bond donors (Lipinski definition) is 1. The molecule has 0 spiro atoms. The third kappa shape index (κ3) is 4.11. The van der Waals surface area contributed by atoms with Gasteiger partial charge in [-0.2, -0.15) is 5.10 Å². The summed E-state index contributed by atoms with van der Waals surface area (Å²) in [5, 5.41) is 7.76. The molecule has 0 bridgehead atoms. The molecule has 2 aromatic heterocycles. The highest BCUT2D eigenvalue weighted by molar-refractivity contribution is 5.78. The Hall–Kier alpha value is -3.29. The summed E-state index contributed by atoms with van der Waals surface area (Å²) >= 11 is 0. The van der Waals surface area contributed by atoms with Crippen LogP contribution in [0.15, 0.2) is 48.9 Å². The maximum absolute atomic E-state index is 13.0. The van der Waals surface area contributed by atoms with Crippen molar-refractivity contribution in [2.45, 2.75) is 26.1 Å². The maximum Gasteiger partial charge on any atom is 0.227 e. The van der Waals surface area contributed by atoms with Crippen molar-refractivity contribution in [3.05, 3.63) is 71.7 Å². The lowest BCUT2D eigenvalue weighted by Gasteiger charge is -2.27. The van der Waals surface area contributed by atoms with Gasteiger partial charge < -0.3 is 10.2 Å². The van der Waals surface area contributed by atoms with Gasteiger partial charge >= 0.3 is 0 Å². The molecule has 138 valence electrons. The standard InChI is InChI=1S/C19H19FN6O/c20-15-3-1-14(2-4-15)9-19(27)25-7-8-26-17(13-25)10-16(24-26)11-23-18-12-21-5-6-22-18/h1-6,10,12H,7-9,11,13H2,(H,22,23). The van der Waals surface area contributed by atoms with E-state index in [2.05, 4.69) is 20.4 Å². The largest absolute Gasteiger partial charge is 0.363 e. The van der Waals surface area contributed by atoms with Crippen molar-refractivity contribution < 1.29 is 9.18 Å². The minimum atomic E-state index is -0.296. The fourth-order valence-corrected chi connectivity index (χ4v) is 3.09. The smallest absolute Gasteiger partial charge is 0.227 e. The van der Waals surface area contributed by atoms with Crippen LogP contribution in [0, 0.1) is 5.82 Å². The van der Waals surface area contributed by atoms with Crippen molar-refractivity contribution in [3.63, 3.8) is 0 Å². The fraction of sp³-hybridized carbons (Fsp3) is 0.263. The number of hydrogen-bond acceptors (Lipinski definition) is 5. The topological polar surface area (TPSA) is 75.9 Å². The molecule has 0 saturated carbocycles. The number of nitrogens with zero attached hydrogens (tertiary/aromatic N) is 5. The van der Waals surface area contributed by atoms with Crippen LogP contribution in [0.1, 0.15) is 17.0 Å². The van der Waals surface area contributed by atoms with Gasteiger partial charge in [-0.05, 0) is 23.8 Å². The molecule has 3 aromatic rings. The molecule has 0 radical (unpaired) electrons. The summed E-state index contributed by atoms with van der Waals surface area (Å²) in [6, 6.07) is 8.06. The van der Waals surface area contributed by atoms with Gasteiger partial charge in [0.05, 0.1) is 43.6 Å². The molecular weight excluding hydrogens is 347 g/mol. The third-order valence-corrected chi connectivity index (χ3v) is 4.48. The molecule has 1 N–H and O–H groups in total. The van der Waals surface area contributed by atoms with E-state index in [4.69, 9.17) is 0 Å². The average Bonchev–Trinajstić information content (AvgIpc) is 3.11. The molecule has 27 heavy (non-hydrogen) atoms. The van der Waals surface area contributed by atoms with Crippen molar-refractivity contribution in [2.24, 2.45) is 0 Å². The zero-order valence-electron chi connectivity index (χ0n) is 14.7. The predicted molar refractivity (Wildman–Crippen MR) is 97.1 cm³/mol. The number of aromatic nitrogens is 4. The Morgan fingerprint density at radius 3 is 2.81 bits per heavy atom. The molecular formula is C19H19FN6O. The van der Waals surface area contributed by atoms with Gasteiger partial charge in [0.1, 0.15) is 11.6 Å². The monoisotopic (exact) mass is 366 g/mol. The molecule has 4 rings (SSSR count). The number of benzene rings is 1. The predicted octanol–water partition coefficient (Wildman–Crippen LogP) is 2.01. The van der Waals surface area contributed by atoms with Crippen LogP contribution >= 0.6 is 0 Å². The van der Waals surface area contributed by atoms with E-state index in [1.165, 1.54) is 12.1 Å². The number of carbonyl (C=O) groups is 1. The van der Waals surface area contributed by atoms with Crippen LogP contribution in [0.5, 0.6) is 0 Å². The second kappa shape index (κ2) is 7.53. The first-order valence-electron chi connectivity index (χ1n) is 8.75. The van der Waals surface area contributed by atoms with E-state index < -0.39 is 0 Å². The Morgan fingerprint density at radius 1 is 1.19 bits per heavy atom. The third-order valence-electron chi connectivity index (χ3n) is 4.48. The van der Waals surface area contributed by atoms with Gasteiger partial charge in [-0.3, -0.25) is 14.5 Å². The lowest BCUT2D eigenvalue weighted by molar-refractivity contribution is -0.132. The molecule has 8 heteroatoms. The van der Waals surface area contributed by atoms with E-state index in [-0.39, 0.29) is 18.1 Å². The number of fused-ring (bicyclic) bond motifs is 1. The molecule has 0 saturated heterocycles. The first-order valence-corrected chi connectivity index (χ1v) is 8.75. The van der Waals surface area contributed by atoms with Crippen LogP contribution in [0.25, 0.3) is 0 Å². The summed E-state index contributed by atoms with van der Waals surface area (Å²) in [7, 11) is 0. The highest BCUT2D eigenvalue weighted by atomic mass is 19.1. The summed E-state index contributed by atoms with van der Waals surface area (Å²) in [5.41, 5.74) is 2.71. The summed E-state index contributed by atoms with van der Waals surface area (Å²) in [4.78, 5) is 22.6. The van der Waals surface area contributed by atoms with Crippen molar-refractivity contribution >= 4 is 11.7 Å². The van der Waals surface area contributed by atoms with Crippen LogP contribution in [0.3, 0.4) is 0 Å². The van der Waals surface area contributed by atoms with Crippen molar-refractivity contribution in [1.82, 2.24) is 24.6 Å².